The van der Waals surface area contributed by atoms with E-state index in [0.29, 0.717) is 12.8 Å². The summed E-state index contributed by atoms with van der Waals surface area (Å²) < 4.78 is 2.00. The number of nitrogens with zero attached hydrogens (tertiary/aromatic N) is 2. The molecule has 1 aromatic heterocycles. The highest BCUT2D eigenvalue weighted by molar-refractivity contribution is 6.11. The molecule has 1 aliphatic rings. The molecule has 4 nitrogen and oxygen atoms in total. The number of aliphatic hydroxyl groups is 1. The lowest BCUT2D eigenvalue weighted by atomic mass is 9.89. The molecule has 6 rings (SSSR count). The molecule has 2 heterocycles. The van der Waals surface area contributed by atoms with Crippen LogP contribution in [0.2, 0.25) is 0 Å². The maximum Gasteiger partial charge on any atom is 0.139 e. The summed E-state index contributed by atoms with van der Waals surface area (Å²) in [5.74, 6) is 0.758. The molecule has 1 aliphatic heterocycles. The molecule has 1 unspecified atom stereocenters. The van der Waals surface area contributed by atoms with Crippen molar-refractivity contribution in [3.63, 3.8) is 0 Å². The molecule has 0 radical (unpaired) electrons. The van der Waals surface area contributed by atoms with Gasteiger partial charge in [0.25, 0.3) is 0 Å². The predicted molar refractivity (Wildman–Crippen MR) is 185 cm³/mol. The van der Waals surface area contributed by atoms with Crippen molar-refractivity contribution in [2.45, 2.75) is 57.7 Å². The van der Waals surface area contributed by atoms with E-state index in [1.54, 1.807) is 6.20 Å². The van der Waals surface area contributed by atoms with Gasteiger partial charge in [-0.05, 0) is 97.9 Å². The van der Waals surface area contributed by atoms with Crippen molar-refractivity contribution in [3.8, 4) is 0 Å². The Bertz CT molecular complexity index is 1790. The minimum absolute atomic E-state index is 0.516. The fourth-order valence-electron chi connectivity index (χ4n) is 7.10. The first-order chi connectivity index (χ1) is 21.3. The zero-order chi connectivity index (χ0) is 30.7. The summed E-state index contributed by atoms with van der Waals surface area (Å²) >= 11 is 0. The molecule has 226 valence electrons. The lowest BCUT2D eigenvalue weighted by Crippen LogP contribution is -2.36. The van der Waals surface area contributed by atoms with Gasteiger partial charge in [0.05, 0.1) is 5.52 Å². The van der Waals surface area contributed by atoms with Crippen LogP contribution in [0.1, 0.15) is 54.9 Å². The molecular formula is C40H45N3O. The molecule has 0 aliphatic carbocycles. The Morgan fingerprint density at radius 2 is 1.61 bits per heavy atom. The highest BCUT2D eigenvalue weighted by atomic mass is 16.3. The molecule has 1 fully saturated rings. The van der Waals surface area contributed by atoms with Crippen LogP contribution in [0.25, 0.3) is 28.3 Å². The number of allylic oxidation sites excluding steroid dienone is 1. The van der Waals surface area contributed by atoms with E-state index in [9.17, 15) is 5.11 Å². The van der Waals surface area contributed by atoms with Crippen molar-refractivity contribution in [2.75, 3.05) is 13.1 Å². The van der Waals surface area contributed by atoms with Gasteiger partial charge < -0.3 is 15.0 Å². The van der Waals surface area contributed by atoms with E-state index in [4.69, 9.17) is 0 Å². The summed E-state index contributed by atoms with van der Waals surface area (Å²) in [7, 11) is 0. The number of hydrogen-bond acceptors (Lipinski definition) is 3. The SMILES string of the molecule is C=CNC(=C)CCC(C)(O)n1c(=C)c2cccc3c(Cc4ccc(CC5CCN(Cc6ccccc6)CC5)cc4)ccc1c32. The molecule has 0 bridgehead atoms. The fourth-order valence-corrected chi connectivity index (χ4v) is 7.10. The summed E-state index contributed by atoms with van der Waals surface area (Å²) in [6.45, 7) is 17.4. The van der Waals surface area contributed by atoms with Crippen LogP contribution in [0, 0.1) is 5.92 Å². The summed E-state index contributed by atoms with van der Waals surface area (Å²) in [4.78, 5) is 2.60. The Balaban J connectivity index is 1.14. The predicted octanol–water partition coefficient (Wildman–Crippen LogP) is 7.66. The van der Waals surface area contributed by atoms with Gasteiger partial charge in [0.1, 0.15) is 5.72 Å². The van der Waals surface area contributed by atoms with Gasteiger partial charge in [0, 0.05) is 34.8 Å². The van der Waals surface area contributed by atoms with Crippen LogP contribution in [0.5, 0.6) is 0 Å². The summed E-state index contributed by atoms with van der Waals surface area (Å²) in [5.41, 5.74) is 6.21. The standard InChI is InChI=1S/C40H45N3O/c1-5-41-29(2)20-23-40(4,44)43-30(3)36-12-9-13-37-35(18-19-38(43)39(36)37)27-32-16-14-31(15-17-32)26-33-21-24-42(25-22-33)28-34-10-7-6-8-11-34/h5-19,33,41,44H,1-3,20-28H2,4H3. The maximum atomic E-state index is 11.6. The monoisotopic (exact) mass is 583 g/mol. The zero-order valence-electron chi connectivity index (χ0n) is 26.1. The molecule has 0 saturated carbocycles. The molecule has 1 saturated heterocycles. The molecule has 4 heteroatoms. The average Bonchev–Trinajstić information content (AvgIpc) is 3.33. The Morgan fingerprint density at radius 3 is 2.34 bits per heavy atom. The van der Waals surface area contributed by atoms with Crippen molar-refractivity contribution in [1.29, 1.82) is 0 Å². The third kappa shape index (κ3) is 6.38. The van der Waals surface area contributed by atoms with Crippen LogP contribution in [-0.4, -0.2) is 27.7 Å². The van der Waals surface area contributed by atoms with Gasteiger partial charge in [0.15, 0.2) is 0 Å². The number of benzene rings is 4. The summed E-state index contributed by atoms with van der Waals surface area (Å²) in [6.07, 6.45) is 7.33. The van der Waals surface area contributed by atoms with Crippen molar-refractivity contribution in [1.82, 2.24) is 14.8 Å². The first kappa shape index (κ1) is 29.9. The van der Waals surface area contributed by atoms with Gasteiger partial charge in [-0.25, -0.2) is 0 Å². The van der Waals surface area contributed by atoms with Crippen LogP contribution in [0.15, 0.2) is 110 Å². The van der Waals surface area contributed by atoms with Gasteiger partial charge in [-0.3, -0.25) is 4.90 Å². The van der Waals surface area contributed by atoms with Crippen LogP contribution >= 0.6 is 0 Å². The lowest BCUT2D eigenvalue weighted by molar-refractivity contribution is -0.0243. The van der Waals surface area contributed by atoms with Crippen LogP contribution in [0.3, 0.4) is 0 Å². The van der Waals surface area contributed by atoms with Gasteiger partial charge in [-0.1, -0.05) is 98.6 Å². The average molecular weight is 584 g/mol. The van der Waals surface area contributed by atoms with E-state index >= 15 is 0 Å². The van der Waals surface area contributed by atoms with E-state index in [0.717, 1.165) is 47.3 Å². The van der Waals surface area contributed by atoms with Crippen molar-refractivity contribution in [2.24, 2.45) is 5.92 Å². The zero-order valence-corrected chi connectivity index (χ0v) is 26.1. The van der Waals surface area contributed by atoms with Crippen LogP contribution in [0.4, 0.5) is 0 Å². The van der Waals surface area contributed by atoms with E-state index in [-0.39, 0.29) is 0 Å². The fraction of sp³-hybridized carbons (Fsp3) is 0.300. The number of aromatic nitrogens is 1. The quantitative estimate of drug-likeness (QED) is 0.158. The molecule has 1 atom stereocenters. The number of likely N-dealkylation sites (tertiary alicyclic amines) is 1. The van der Waals surface area contributed by atoms with Gasteiger partial charge in [-0.15, -0.1) is 0 Å². The smallest absolute Gasteiger partial charge is 0.139 e. The number of nitrogens with one attached hydrogen (secondary N) is 1. The van der Waals surface area contributed by atoms with Crippen molar-refractivity contribution < 1.29 is 5.11 Å². The van der Waals surface area contributed by atoms with Crippen molar-refractivity contribution >= 4 is 28.3 Å². The number of hydrogen-bond donors (Lipinski definition) is 2. The molecular weight excluding hydrogens is 538 g/mol. The van der Waals surface area contributed by atoms with Gasteiger partial charge in [-0.2, -0.15) is 0 Å². The molecule has 2 N–H and O–H groups in total. The maximum absolute atomic E-state index is 11.6. The second-order valence-electron chi connectivity index (χ2n) is 12.8. The minimum atomic E-state index is -1.11. The van der Waals surface area contributed by atoms with Gasteiger partial charge >= 0.3 is 0 Å². The normalized spacial score (nSPS) is 15.9. The minimum Gasteiger partial charge on any atom is -0.371 e. The largest absolute Gasteiger partial charge is 0.371 e. The highest BCUT2D eigenvalue weighted by Gasteiger charge is 2.27. The molecule has 0 amide bonds. The second kappa shape index (κ2) is 12.9. The summed E-state index contributed by atoms with van der Waals surface area (Å²) in [6, 6.07) is 30.9. The number of rotatable bonds is 12. The lowest BCUT2D eigenvalue weighted by Gasteiger charge is -2.32. The van der Waals surface area contributed by atoms with E-state index in [2.05, 4.69) is 115 Å². The highest BCUT2D eigenvalue weighted by Crippen LogP contribution is 2.34. The van der Waals surface area contributed by atoms with E-state index in [1.807, 2.05) is 11.5 Å². The van der Waals surface area contributed by atoms with E-state index < -0.39 is 5.72 Å². The van der Waals surface area contributed by atoms with Gasteiger partial charge in [0.2, 0.25) is 0 Å². The Morgan fingerprint density at radius 1 is 0.909 bits per heavy atom. The first-order valence-corrected chi connectivity index (χ1v) is 16.0. The topological polar surface area (TPSA) is 40.4 Å². The van der Waals surface area contributed by atoms with Crippen molar-refractivity contribution in [3.05, 3.63) is 138 Å². The summed E-state index contributed by atoms with van der Waals surface area (Å²) in [5, 5.41) is 19.0. The van der Waals surface area contributed by atoms with Crippen LogP contribution in [-0.2, 0) is 25.1 Å². The third-order valence-electron chi connectivity index (χ3n) is 9.52. The molecule has 44 heavy (non-hydrogen) atoms. The molecule has 0 spiro atoms. The van der Waals surface area contributed by atoms with Crippen LogP contribution < -0.4 is 10.7 Å². The Hall–Kier alpha value is -4.12. The Kier molecular flexibility index (Phi) is 8.74. The first-order valence-electron chi connectivity index (χ1n) is 16.0. The second-order valence-corrected chi connectivity index (χ2v) is 12.8. The third-order valence-corrected chi connectivity index (χ3v) is 9.52. The number of piperidine rings is 1. The molecule has 4 aromatic carbocycles. The Labute approximate surface area is 262 Å². The van der Waals surface area contributed by atoms with E-state index in [1.165, 1.54) is 59.0 Å². The molecule has 5 aromatic rings.